The van der Waals surface area contributed by atoms with Gasteiger partial charge in [-0.2, -0.15) is 0 Å². The fraction of sp³-hybridized carbons (Fsp3) is 0.575. The van der Waals surface area contributed by atoms with E-state index in [1.165, 1.54) is 139 Å². The summed E-state index contributed by atoms with van der Waals surface area (Å²) in [4.78, 5) is 0. The summed E-state index contributed by atoms with van der Waals surface area (Å²) in [7, 11) is 0. The molecule has 0 spiro atoms. The summed E-state index contributed by atoms with van der Waals surface area (Å²) < 4.78 is 0. The topological polar surface area (TPSA) is 92.2 Å². The van der Waals surface area contributed by atoms with Crippen LogP contribution in [0.2, 0.25) is 0 Å². The van der Waals surface area contributed by atoms with E-state index in [2.05, 4.69) is 448 Å². The van der Waals surface area contributed by atoms with E-state index in [1.807, 2.05) is 18.2 Å². The molecule has 0 N–H and O–H groups in total. The van der Waals surface area contributed by atoms with E-state index in [1.54, 1.807) is 0 Å². The number of aryl methyl sites for hydroxylation is 1. The molecule has 0 amide bonds. The molecule has 0 aliphatic heterocycles. The molecule has 4 nitrogen and oxygen atoms in total. The average Bonchev–Trinajstić information content (AvgIpc) is 0.767. The van der Waals surface area contributed by atoms with Crippen molar-refractivity contribution in [1.29, 1.82) is 0 Å². The van der Waals surface area contributed by atoms with Crippen LogP contribution in [0.1, 0.15) is 613 Å². The van der Waals surface area contributed by atoms with Gasteiger partial charge < -0.3 is 20.1 Å². The summed E-state index contributed by atoms with van der Waals surface area (Å²) in [6.45, 7) is 106. The van der Waals surface area contributed by atoms with Gasteiger partial charge in [0, 0.05) is 0 Å². The van der Waals surface area contributed by atoms with E-state index in [9.17, 15) is 20.1 Å². The Hall–Kier alpha value is -5.87. The Balaban J connectivity index is 0.000000368. The van der Waals surface area contributed by atoms with Crippen LogP contribution in [0.5, 0.6) is 0 Å². The van der Waals surface area contributed by atoms with E-state index < -0.39 is 27.7 Å². The minimum atomic E-state index is -0.859. The van der Waals surface area contributed by atoms with E-state index >= 15 is 0 Å². The molecule has 9 rings (SSSR count). The third-order valence-corrected chi connectivity index (χ3v) is 28.5. The second kappa shape index (κ2) is 54.0. The predicted octanol–water partition coefficient (Wildman–Crippen LogP) is 29.6. The van der Waals surface area contributed by atoms with Gasteiger partial charge in [-0.3, -0.25) is 0 Å². The fourth-order valence-corrected chi connectivity index (χ4v) is 19.6. The van der Waals surface area contributed by atoms with Gasteiger partial charge in [-0.05, 0) is 193 Å². The monoisotopic (exact) mass is 2060 g/mol. The van der Waals surface area contributed by atoms with Crippen molar-refractivity contribution >= 4 is 71.4 Å². The summed E-state index contributed by atoms with van der Waals surface area (Å²) in [5.74, 6) is 8.68. The van der Waals surface area contributed by atoms with Crippen LogP contribution in [0, 0.1) is 38.0 Å². The molecule has 0 radical (unpaired) electrons. The van der Waals surface area contributed by atoms with Crippen LogP contribution in [0.15, 0.2) is 127 Å². The SMILES string of the molecule is CC(C)c1cc(C(C)C)c(B([O-])c2c(C(C)C)cc(C(C)C)cc2C(C)C)c(C(C)C)c1.CC(C)c1cc(C(C)C)c(B([O-])c2c(C(C)C)cc(C(C)C)cc2C(C)C)c(C(C)C)c1.CC(C)c1cc(C(C)C)c(B([O-])c2c(C(C)C)cc(C(C)C)cc2C(C)C)c(C(C)C)c1.CC(C)c1cc(C(C)C)c(B([O-])c2c(C(C)C)cc(C(C)C)cc2C(C)C)c(C(C)C)c1.Cc1ccccc1.[U+4]. The Bertz CT molecular complexity index is 4100. The van der Waals surface area contributed by atoms with Crippen molar-refractivity contribution in [3.63, 3.8) is 0 Å². The van der Waals surface area contributed by atoms with Crippen molar-refractivity contribution in [3.8, 4) is 0 Å². The van der Waals surface area contributed by atoms with Crippen LogP contribution in [-0.4, -0.2) is 27.7 Å². The van der Waals surface area contributed by atoms with Gasteiger partial charge in [-0.15, -0.1) is 0 Å². The maximum Gasteiger partial charge on any atom is 4.00 e. The van der Waals surface area contributed by atoms with Crippen LogP contribution >= 0.6 is 0 Å². The summed E-state index contributed by atoms with van der Waals surface area (Å²) in [6, 6.07) is 47.3. The number of hydrogen-bond donors (Lipinski definition) is 0. The first-order chi connectivity index (χ1) is 62.5. The number of hydrogen-bond acceptors (Lipinski definition) is 4. The zero-order chi connectivity index (χ0) is 103. The van der Waals surface area contributed by atoms with Crippen molar-refractivity contribution in [2.75, 3.05) is 0 Å². The van der Waals surface area contributed by atoms with Crippen molar-refractivity contribution in [2.45, 2.75) is 481 Å². The molecule has 9 heteroatoms. The van der Waals surface area contributed by atoms with E-state index in [0.717, 1.165) is 43.7 Å². The normalized spacial score (nSPS) is 12.1. The molecule has 0 fully saturated rings. The molecule has 0 bridgehead atoms. The average molecular weight is 2060 g/mol. The Morgan fingerprint density at radius 1 is 0.140 bits per heavy atom. The third kappa shape index (κ3) is 31.1. The molecule has 0 aliphatic carbocycles. The molecule has 0 aliphatic rings. The largest absolute Gasteiger partial charge is 4.00 e. The van der Waals surface area contributed by atoms with Gasteiger partial charge in [-0.25, -0.2) is 0 Å². The standard InChI is InChI=1S/4C30H46BO.C7H8.U/c4*1-17(2)23-13-25(19(5)6)29(26(14-23)20(7)8)31(32)30-27(21(9)10)15-24(18(3)4)16-28(30)22(11)12;1-7-5-3-2-4-6-7;/h4*13-22H,1-12H3;2-6H,1H3;/q4*-1;;+4. The van der Waals surface area contributed by atoms with Crippen LogP contribution < -0.4 is 63.8 Å². The van der Waals surface area contributed by atoms with E-state index in [4.69, 9.17) is 0 Å². The molecule has 0 heterocycles. The third-order valence-electron chi connectivity index (χ3n) is 28.5. The van der Waals surface area contributed by atoms with Crippen molar-refractivity contribution in [2.24, 2.45) is 0 Å². The van der Waals surface area contributed by atoms with Gasteiger partial charge >= 0.3 is 31.1 Å². The molecule has 9 aromatic carbocycles. The van der Waals surface area contributed by atoms with Crippen LogP contribution in [0.25, 0.3) is 0 Å². The second-order valence-corrected chi connectivity index (χ2v) is 47.8. The molecule has 740 valence electrons. The molecule has 0 saturated heterocycles. The van der Waals surface area contributed by atoms with Gasteiger partial charge in [0.1, 0.15) is 0 Å². The van der Waals surface area contributed by atoms with Crippen molar-refractivity contribution < 1.29 is 51.2 Å². The summed E-state index contributed by atoms with van der Waals surface area (Å²) in [5, 5.41) is 58.4. The van der Waals surface area contributed by atoms with Gasteiger partial charge in [0.25, 0.3) is 0 Å². The van der Waals surface area contributed by atoms with E-state index in [-0.39, 0.29) is 31.1 Å². The first kappa shape index (κ1) is 122. The van der Waals surface area contributed by atoms with Gasteiger partial charge in [0.2, 0.25) is 0 Å². The summed E-state index contributed by atoms with van der Waals surface area (Å²) in [5.41, 5.74) is 40.0. The molecular weight excluding hydrogens is 1870 g/mol. The molecule has 136 heavy (non-hydrogen) atoms. The quantitative estimate of drug-likeness (QED) is 0.0393. The molecule has 0 unspecified atom stereocenters. The molecule has 0 atom stereocenters. The maximum absolute atomic E-state index is 14.6. The molecule has 0 aromatic heterocycles. The summed E-state index contributed by atoms with van der Waals surface area (Å²) in [6.07, 6.45) is 0. The molecule has 9 aromatic rings. The van der Waals surface area contributed by atoms with Gasteiger partial charge in [-0.1, -0.05) is 598 Å². The smallest absolute Gasteiger partial charge is 0.872 e. The Kier molecular flexibility index (Phi) is 48.6. The maximum atomic E-state index is 14.6. The van der Waals surface area contributed by atoms with Crippen molar-refractivity contribution in [3.05, 3.63) is 266 Å². The number of benzene rings is 9. The molecular formula is C127H192B4O4U. The van der Waals surface area contributed by atoms with Gasteiger partial charge in [0.05, 0.1) is 27.7 Å². The van der Waals surface area contributed by atoms with Crippen LogP contribution in [-0.2, 0) is 0 Å². The Morgan fingerprint density at radius 3 is 0.272 bits per heavy atom. The van der Waals surface area contributed by atoms with Crippen LogP contribution in [0.3, 0.4) is 0 Å². The molecule has 0 saturated carbocycles. The minimum Gasteiger partial charge on any atom is -0.872 e. The zero-order valence-electron chi connectivity index (χ0n) is 95.9. The van der Waals surface area contributed by atoms with Crippen LogP contribution in [0.4, 0.5) is 0 Å². The second-order valence-electron chi connectivity index (χ2n) is 47.8. The Labute approximate surface area is 863 Å². The fourth-order valence-electron chi connectivity index (χ4n) is 19.6. The Morgan fingerprint density at radius 2 is 0.221 bits per heavy atom. The summed E-state index contributed by atoms with van der Waals surface area (Å²) >= 11 is 0. The van der Waals surface area contributed by atoms with Gasteiger partial charge in [0.15, 0.2) is 0 Å². The van der Waals surface area contributed by atoms with Crippen molar-refractivity contribution in [1.82, 2.24) is 0 Å². The van der Waals surface area contributed by atoms with E-state index in [0.29, 0.717) is 142 Å². The minimum absolute atomic E-state index is 0. The zero-order valence-corrected chi connectivity index (χ0v) is 100. The predicted molar refractivity (Wildman–Crippen MR) is 601 cm³/mol. The number of rotatable bonds is 32. The first-order valence-corrected chi connectivity index (χ1v) is 53.5. The first-order valence-electron chi connectivity index (χ1n) is 53.5.